The van der Waals surface area contributed by atoms with Crippen LogP contribution < -0.4 is 10.6 Å². The summed E-state index contributed by atoms with van der Waals surface area (Å²) in [4.78, 5) is 2.03. The third-order valence-electron chi connectivity index (χ3n) is 2.95. The summed E-state index contributed by atoms with van der Waals surface area (Å²) in [5.74, 6) is 0. The Balaban J connectivity index is 2.53. The minimum absolute atomic E-state index is 0.160. The van der Waals surface area contributed by atoms with E-state index in [0.717, 1.165) is 11.9 Å². The lowest BCUT2D eigenvalue weighted by atomic mass is 10.2. The van der Waals surface area contributed by atoms with Crippen molar-refractivity contribution < 1.29 is 8.42 Å². The lowest BCUT2D eigenvalue weighted by Gasteiger charge is -2.22. The van der Waals surface area contributed by atoms with Gasteiger partial charge in [0.05, 0.1) is 16.3 Å². The fourth-order valence-corrected chi connectivity index (χ4v) is 2.77. The fraction of sp³-hybridized carbons (Fsp3) is 0.143. The van der Waals surface area contributed by atoms with Gasteiger partial charge in [-0.15, -0.1) is 0 Å². The maximum absolute atomic E-state index is 11.7. The molecule has 4 nitrogen and oxygen atoms in total. The average molecular weight is 276 g/mol. The second-order valence-electron chi connectivity index (χ2n) is 4.36. The molecular weight excluding hydrogens is 260 g/mol. The molecule has 2 aromatic rings. The summed E-state index contributed by atoms with van der Waals surface area (Å²) >= 11 is 0. The van der Waals surface area contributed by atoms with Crippen LogP contribution in [0.2, 0.25) is 0 Å². The lowest BCUT2D eigenvalue weighted by Crippen LogP contribution is -2.13. The molecule has 0 aliphatic heterocycles. The van der Waals surface area contributed by atoms with Gasteiger partial charge in [-0.3, -0.25) is 0 Å². The smallest absolute Gasteiger partial charge is 0.177 e. The van der Waals surface area contributed by atoms with Crippen molar-refractivity contribution in [2.75, 3.05) is 23.9 Å². The Labute approximate surface area is 113 Å². The van der Waals surface area contributed by atoms with Crippen LogP contribution in [0.5, 0.6) is 0 Å². The number of para-hydroxylation sites is 2. The van der Waals surface area contributed by atoms with E-state index >= 15 is 0 Å². The third-order valence-corrected chi connectivity index (χ3v) is 4.10. The van der Waals surface area contributed by atoms with Gasteiger partial charge in [-0.1, -0.05) is 24.3 Å². The molecule has 2 N–H and O–H groups in total. The monoisotopic (exact) mass is 276 g/mol. The van der Waals surface area contributed by atoms with E-state index in [0.29, 0.717) is 5.69 Å². The number of nitrogen functional groups attached to an aromatic ring is 1. The Bertz CT molecular complexity index is 682. The molecule has 0 aromatic heterocycles. The molecule has 0 saturated heterocycles. The Morgan fingerprint density at radius 3 is 2.21 bits per heavy atom. The van der Waals surface area contributed by atoms with Crippen molar-refractivity contribution in [2.45, 2.75) is 4.90 Å². The predicted octanol–water partition coefficient (Wildman–Crippen LogP) is 2.44. The predicted molar refractivity (Wildman–Crippen MR) is 78.5 cm³/mol. The summed E-state index contributed by atoms with van der Waals surface area (Å²) in [7, 11) is -1.47. The zero-order chi connectivity index (χ0) is 14.0. The van der Waals surface area contributed by atoms with Gasteiger partial charge in [0.25, 0.3) is 0 Å². The van der Waals surface area contributed by atoms with Crippen molar-refractivity contribution in [3.8, 4) is 0 Å². The van der Waals surface area contributed by atoms with E-state index in [1.807, 2.05) is 42.3 Å². The molecule has 0 unspecified atom stereocenters. The first-order valence-electron chi connectivity index (χ1n) is 5.78. The van der Waals surface area contributed by atoms with Gasteiger partial charge in [-0.25, -0.2) is 8.42 Å². The summed E-state index contributed by atoms with van der Waals surface area (Å²) in [6, 6.07) is 14.7. The van der Waals surface area contributed by atoms with Gasteiger partial charge in [0, 0.05) is 19.0 Å². The van der Waals surface area contributed by atoms with Gasteiger partial charge in [0.1, 0.15) is 0 Å². The first-order valence-corrected chi connectivity index (χ1v) is 7.67. The molecule has 0 aliphatic rings. The first kappa shape index (κ1) is 13.4. The summed E-state index contributed by atoms with van der Waals surface area (Å²) in [6.07, 6.45) is 1.16. The molecule has 0 atom stereocenters. The lowest BCUT2D eigenvalue weighted by molar-refractivity contribution is 0.602. The maximum atomic E-state index is 11.7. The van der Waals surface area contributed by atoms with Crippen LogP contribution in [0.4, 0.5) is 17.1 Å². The molecule has 2 aromatic carbocycles. The normalized spacial score (nSPS) is 11.3. The molecule has 0 bridgehead atoms. The number of nitrogens with zero attached hydrogens (tertiary/aromatic N) is 1. The van der Waals surface area contributed by atoms with Crippen LogP contribution >= 0.6 is 0 Å². The second kappa shape index (κ2) is 4.93. The molecule has 0 radical (unpaired) electrons. The number of nitrogens with two attached hydrogens (primary N) is 1. The van der Waals surface area contributed by atoms with Crippen molar-refractivity contribution in [2.24, 2.45) is 0 Å². The first-order chi connectivity index (χ1) is 8.91. The standard InChI is InChI=1S/C14H16N2O2S/c1-16(11-7-4-3-5-8-11)12-9-6-10-13(14(12)15)19(2,17)18/h3-10H,15H2,1-2H3. The maximum Gasteiger partial charge on any atom is 0.177 e. The molecule has 0 fully saturated rings. The van der Waals surface area contributed by atoms with E-state index in [1.54, 1.807) is 12.1 Å². The molecule has 5 heteroatoms. The Hall–Kier alpha value is -2.01. The van der Waals surface area contributed by atoms with E-state index < -0.39 is 9.84 Å². The number of anilines is 3. The quantitative estimate of drug-likeness (QED) is 0.875. The summed E-state index contributed by atoms with van der Waals surface area (Å²) in [6.45, 7) is 0. The van der Waals surface area contributed by atoms with Crippen LogP contribution in [0.15, 0.2) is 53.4 Å². The Morgan fingerprint density at radius 2 is 1.63 bits per heavy atom. The van der Waals surface area contributed by atoms with Crippen molar-refractivity contribution in [1.82, 2.24) is 0 Å². The van der Waals surface area contributed by atoms with Crippen LogP contribution in [-0.4, -0.2) is 21.7 Å². The average Bonchev–Trinajstić information content (AvgIpc) is 2.38. The highest BCUT2D eigenvalue weighted by atomic mass is 32.2. The summed E-state index contributed by atoms with van der Waals surface area (Å²) < 4.78 is 23.3. The van der Waals surface area contributed by atoms with Gasteiger partial charge in [0.15, 0.2) is 9.84 Å². The third kappa shape index (κ3) is 2.71. The largest absolute Gasteiger partial charge is 0.396 e. The number of benzene rings is 2. The van der Waals surface area contributed by atoms with Crippen molar-refractivity contribution in [3.63, 3.8) is 0 Å². The van der Waals surface area contributed by atoms with Crippen LogP contribution in [0.3, 0.4) is 0 Å². The molecule has 100 valence electrons. The van der Waals surface area contributed by atoms with E-state index in [2.05, 4.69) is 0 Å². The fourth-order valence-electron chi connectivity index (χ4n) is 1.94. The van der Waals surface area contributed by atoms with Crippen LogP contribution in [0, 0.1) is 0 Å². The minimum atomic E-state index is -3.32. The highest BCUT2D eigenvalue weighted by Gasteiger charge is 2.16. The molecule has 0 spiro atoms. The highest BCUT2D eigenvalue weighted by Crippen LogP contribution is 2.32. The summed E-state index contributed by atoms with van der Waals surface area (Å²) in [5, 5.41) is 0. The molecule has 0 saturated carbocycles. The molecule has 19 heavy (non-hydrogen) atoms. The summed E-state index contributed by atoms with van der Waals surface area (Å²) in [5.41, 5.74) is 7.88. The van der Waals surface area contributed by atoms with Gasteiger partial charge in [-0.2, -0.15) is 0 Å². The van der Waals surface area contributed by atoms with Crippen LogP contribution in [0.1, 0.15) is 0 Å². The molecule has 0 heterocycles. The zero-order valence-corrected chi connectivity index (χ0v) is 11.7. The molecule has 0 aliphatic carbocycles. The van der Waals surface area contributed by atoms with Crippen molar-refractivity contribution in [1.29, 1.82) is 0 Å². The van der Waals surface area contributed by atoms with Gasteiger partial charge in [0.2, 0.25) is 0 Å². The molecule has 2 rings (SSSR count). The van der Waals surface area contributed by atoms with Crippen molar-refractivity contribution in [3.05, 3.63) is 48.5 Å². The van der Waals surface area contributed by atoms with E-state index in [1.165, 1.54) is 6.07 Å². The van der Waals surface area contributed by atoms with Crippen molar-refractivity contribution >= 4 is 26.9 Å². The number of hydrogen-bond acceptors (Lipinski definition) is 4. The minimum Gasteiger partial charge on any atom is -0.396 e. The number of hydrogen-bond donors (Lipinski definition) is 1. The SMILES string of the molecule is CN(c1ccccc1)c1cccc(S(C)(=O)=O)c1N. The van der Waals surface area contributed by atoms with Crippen LogP contribution in [0.25, 0.3) is 0 Å². The van der Waals surface area contributed by atoms with Crippen LogP contribution in [-0.2, 0) is 9.84 Å². The number of sulfone groups is 1. The van der Waals surface area contributed by atoms with Gasteiger partial charge >= 0.3 is 0 Å². The number of rotatable bonds is 3. The molecular formula is C14H16N2O2S. The zero-order valence-electron chi connectivity index (χ0n) is 10.9. The van der Waals surface area contributed by atoms with E-state index in [4.69, 9.17) is 5.73 Å². The van der Waals surface area contributed by atoms with E-state index in [-0.39, 0.29) is 10.6 Å². The second-order valence-corrected chi connectivity index (χ2v) is 6.34. The van der Waals surface area contributed by atoms with Gasteiger partial charge < -0.3 is 10.6 Å². The molecule has 0 amide bonds. The topological polar surface area (TPSA) is 63.4 Å². The Morgan fingerprint density at radius 1 is 1.00 bits per heavy atom. The highest BCUT2D eigenvalue weighted by molar-refractivity contribution is 7.90. The Kier molecular flexibility index (Phi) is 3.48. The van der Waals surface area contributed by atoms with E-state index in [9.17, 15) is 8.42 Å². The van der Waals surface area contributed by atoms with Gasteiger partial charge in [-0.05, 0) is 24.3 Å².